The number of rotatable bonds is 5. The number of nitro benzene ring substituents is 1. The molecular weight excluding hydrogens is 306 g/mol. The molecule has 0 bridgehead atoms. The van der Waals surface area contributed by atoms with Gasteiger partial charge in [-0.15, -0.1) is 0 Å². The fraction of sp³-hybridized carbons (Fsp3) is 0.429. The monoisotopic (exact) mass is 325 g/mol. The average Bonchev–Trinajstić information content (AvgIpc) is 2.35. The first-order valence-electron chi connectivity index (χ1n) is 6.77. The summed E-state index contributed by atoms with van der Waals surface area (Å²) < 4.78 is 9.28. The number of para-hydroxylation sites is 2. The van der Waals surface area contributed by atoms with Gasteiger partial charge in [-0.3, -0.25) is 14.9 Å². The van der Waals surface area contributed by atoms with Gasteiger partial charge in [0.1, 0.15) is 11.3 Å². The zero-order chi connectivity index (χ0) is 17.6. The maximum absolute atomic E-state index is 11.6. The molecule has 0 aromatic heterocycles. The molecule has 1 aromatic carbocycles. The first-order valence-corrected chi connectivity index (χ1v) is 6.77. The Labute approximate surface area is 132 Å². The molecule has 1 rings (SSSR count). The van der Waals surface area contributed by atoms with Crippen LogP contribution in [0.4, 0.5) is 16.2 Å². The lowest BCUT2D eigenvalue weighted by molar-refractivity contribution is -0.384. The molecule has 0 aliphatic carbocycles. The van der Waals surface area contributed by atoms with Gasteiger partial charge in [-0.25, -0.2) is 4.79 Å². The van der Waals surface area contributed by atoms with Crippen molar-refractivity contribution in [3.63, 3.8) is 0 Å². The molecule has 1 atom stereocenters. The minimum atomic E-state index is -1.12. The zero-order valence-corrected chi connectivity index (χ0v) is 13.1. The quantitative estimate of drug-likeness (QED) is 0.276. The van der Waals surface area contributed by atoms with Crippen molar-refractivity contribution in [2.75, 3.05) is 5.32 Å². The van der Waals surface area contributed by atoms with Gasteiger partial charge in [-0.1, -0.05) is 12.1 Å². The highest BCUT2D eigenvalue weighted by molar-refractivity contribution is 5.82. The molecule has 3 N–H and O–H groups in total. The van der Waals surface area contributed by atoms with Gasteiger partial charge in [0.25, 0.3) is 5.69 Å². The molecule has 0 saturated carbocycles. The summed E-state index contributed by atoms with van der Waals surface area (Å²) in [7, 11) is 0. The number of nitrogens with two attached hydrogens (primary N) is 1. The molecule has 9 heteroatoms. The van der Waals surface area contributed by atoms with Crippen LogP contribution in [-0.2, 0) is 14.3 Å². The number of nitro groups is 1. The standard InChI is InChI=1S/C14H19N3O6/c1-14(2,3)23-13(19)22-12(18)8-11(15)16-9-6-4-5-7-10(9)17(20)21/h4-7,11,16H,8,15H2,1-3H3/t11-/m0/s1. The number of nitrogens with one attached hydrogen (secondary N) is 1. The third kappa shape index (κ3) is 6.74. The molecule has 9 nitrogen and oxygen atoms in total. The number of carbonyl (C=O) groups is 2. The fourth-order valence-electron chi connectivity index (χ4n) is 1.59. The van der Waals surface area contributed by atoms with Gasteiger partial charge in [0, 0.05) is 6.07 Å². The number of anilines is 1. The van der Waals surface area contributed by atoms with E-state index in [0.29, 0.717) is 0 Å². The number of esters is 1. The molecule has 0 heterocycles. The second-order valence-corrected chi connectivity index (χ2v) is 5.67. The molecule has 0 radical (unpaired) electrons. The normalized spacial score (nSPS) is 12.2. The van der Waals surface area contributed by atoms with Gasteiger partial charge in [0.2, 0.25) is 0 Å². The van der Waals surface area contributed by atoms with Crippen LogP contribution in [0, 0.1) is 10.1 Å². The molecule has 0 unspecified atom stereocenters. The highest BCUT2D eigenvalue weighted by Gasteiger charge is 2.22. The Bertz CT molecular complexity index is 596. The summed E-state index contributed by atoms with van der Waals surface area (Å²) in [6.07, 6.45) is -2.46. The molecule has 0 saturated heterocycles. The van der Waals surface area contributed by atoms with Gasteiger partial charge in [-0.05, 0) is 26.8 Å². The van der Waals surface area contributed by atoms with E-state index in [1.165, 1.54) is 18.2 Å². The number of hydrogen-bond donors (Lipinski definition) is 2. The topological polar surface area (TPSA) is 134 Å². The van der Waals surface area contributed by atoms with Crippen LogP contribution >= 0.6 is 0 Å². The van der Waals surface area contributed by atoms with E-state index in [0.717, 1.165) is 0 Å². The number of carbonyl (C=O) groups excluding carboxylic acids is 2. The van der Waals surface area contributed by atoms with E-state index < -0.39 is 28.8 Å². The highest BCUT2D eigenvalue weighted by atomic mass is 16.7. The predicted octanol–water partition coefficient (Wildman–Crippen LogP) is 2.16. The Kier molecular flexibility index (Phi) is 6.02. The van der Waals surface area contributed by atoms with E-state index in [1.807, 2.05) is 0 Å². The molecular formula is C14H19N3O6. The third-order valence-electron chi connectivity index (χ3n) is 2.41. The summed E-state index contributed by atoms with van der Waals surface area (Å²) in [6, 6.07) is 5.85. The molecule has 0 amide bonds. The average molecular weight is 325 g/mol. The second-order valence-electron chi connectivity index (χ2n) is 5.67. The number of ether oxygens (including phenoxy) is 2. The molecule has 23 heavy (non-hydrogen) atoms. The lowest BCUT2D eigenvalue weighted by atomic mass is 10.2. The van der Waals surface area contributed by atoms with Crippen molar-refractivity contribution in [3.05, 3.63) is 34.4 Å². The molecule has 1 aromatic rings. The maximum atomic E-state index is 11.6. The molecule has 0 aliphatic rings. The van der Waals surface area contributed by atoms with E-state index in [2.05, 4.69) is 10.1 Å². The van der Waals surface area contributed by atoms with Crippen LogP contribution in [0.2, 0.25) is 0 Å². The third-order valence-corrected chi connectivity index (χ3v) is 2.41. The smallest absolute Gasteiger partial charge is 0.428 e. The number of hydrogen-bond acceptors (Lipinski definition) is 8. The Balaban J connectivity index is 2.57. The molecule has 0 spiro atoms. The van der Waals surface area contributed by atoms with E-state index in [4.69, 9.17) is 10.5 Å². The zero-order valence-electron chi connectivity index (χ0n) is 13.1. The summed E-state index contributed by atoms with van der Waals surface area (Å²) in [5.74, 6) is -0.905. The van der Waals surface area contributed by atoms with Crippen molar-refractivity contribution in [1.29, 1.82) is 0 Å². The summed E-state index contributed by atoms with van der Waals surface area (Å²) in [6.45, 7) is 4.88. The van der Waals surface area contributed by atoms with Crippen LogP contribution in [0.3, 0.4) is 0 Å². The summed E-state index contributed by atoms with van der Waals surface area (Å²) in [5, 5.41) is 13.5. The minimum absolute atomic E-state index is 0.162. The SMILES string of the molecule is CC(C)(C)OC(=O)OC(=O)C[C@@H](N)Nc1ccccc1[N+](=O)[O-]. The molecule has 0 fully saturated rings. The Morgan fingerprint density at radius 1 is 1.35 bits per heavy atom. The van der Waals surface area contributed by atoms with Gasteiger partial charge < -0.3 is 20.5 Å². The summed E-state index contributed by atoms with van der Waals surface area (Å²) in [5.41, 5.74) is 4.89. The van der Waals surface area contributed by atoms with Gasteiger partial charge in [-0.2, -0.15) is 0 Å². The second kappa shape index (κ2) is 7.54. The Hall–Kier alpha value is -2.68. The van der Waals surface area contributed by atoms with E-state index >= 15 is 0 Å². The lowest BCUT2D eigenvalue weighted by Gasteiger charge is -2.19. The Morgan fingerprint density at radius 3 is 2.52 bits per heavy atom. The van der Waals surface area contributed by atoms with Gasteiger partial charge in [0.05, 0.1) is 17.5 Å². The number of nitrogens with zero attached hydrogens (tertiary/aromatic N) is 1. The van der Waals surface area contributed by atoms with Crippen molar-refractivity contribution in [1.82, 2.24) is 0 Å². The maximum Gasteiger partial charge on any atom is 0.516 e. The summed E-state index contributed by atoms with van der Waals surface area (Å²) in [4.78, 5) is 33.2. The predicted molar refractivity (Wildman–Crippen MR) is 81.6 cm³/mol. The van der Waals surface area contributed by atoms with Crippen molar-refractivity contribution in [2.45, 2.75) is 39.0 Å². The molecule has 0 aliphatic heterocycles. The van der Waals surface area contributed by atoms with Crippen LogP contribution in [0.15, 0.2) is 24.3 Å². The van der Waals surface area contributed by atoms with Gasteiger partial charge >= 0.3 is 12.1 Å². The van der Waals surface area contributed by atoms with E-state index in [1.54, 1.807) is 26.8 Å². The van der Waals surface area contributed by atoms with E-state index in [-0.39, 0.29) is 17.8 Å². The van der Waals surface area contributed by atoms with Crippen molar-refractivity contribution in [3.8, 4) is 0 Å². The van der Waals surface area contributed by atoms with Crippen molar-refractivity contribution in [2.24, 2.45) is 5.73 Å². The Morgan fingerprint density at radius 2 is 1.96 bits per heavy atom. The largest absolute Gasteiger partial charge is 0.516 e. The minimum Gasteiger partial charge on any atom is -0.428 e. The fourth-order valence-corrected chi connectivity index (χ4v) is 1.59. The van der Waals surface area contributed by atoms with Crippen LogP contribution in [0.25, 0.3) is 0 Å². The van der Waals surface area contributed by atoms with Crippen molar-refractivity contribution < 1.29 is 24.0 Å². The number of benzene rings is 1. The van der Waals surface area contributed by atoms with Crippen LogP contribution in [0.5, 0.6) is 0 Å². The van der Waals surface area contributed by atoms with Crippen molar-refractivity contribution >= 4 is 23.5 Å². The van der Waals surface area contributed by atoms with Crippen LogP contribution in [0.1, 0.15) is 27.2 Å². The van der Waals surface area contributed by atoms with Crippen LogP contribution in [-0.4, -0.2) is 28.8 Å². The van der Waals surface area contributed by atoms with Crippen LogP contribution < -0.4 is 11.1 Å². The highest BCUT2D eigenvalue weighted by Crippen LogP contribution is 2.23. The lowest BCUT2D eigenvalue weighted by Crippen LogP contribution is -2.34. The molecule has 126 valence electrons. The first kappa shape index (κ1) is 18.4. The first-order chi connectivity index (χ1) is 10.6. The van der Waals surface area contributed by atoms with Gasteiger partial charge in [0.15, 0.2) is 0 Å². The van der Waals surface area contributed by atoms with E-state index in [9.17, 15) is 19.7 Å². The summed E-state index contributed by atoms with van der Waals surface area (Å²) >= 11 is 0.